The fourth-order valence-corrected chi connectivity index (χ4v) is 2.10. The Morgan fingerprint density at radius 2 is 1.88 bits per heavy atom. The third kappa shape index (κ3) is 2.57. The quantitative estimate of drug-likeness (QED) is 0.545. The summed E-state index contributed by atoms with van der Waals surface area (Å²) in [7, 11) is 0. The molecule has 0 fully saturated rings. The van der Waals surface area contributed by atoms with Crippen LogP contribution < -0.4 is 0 Å². The van der Waals surface area contributed by atoms with E-state index in [1.165, 1.54) is 21.9 Å². The van der Waals surface area contributed by atoms with Gasteiger partial charge in [-0.1, -0.05) is 49.4 Å². The Morgan fingerprint density at radius 1 is 1.12 bits per heavy atom. The number of hydrogen-bond donors (Lipinski definition) is 0. The van der Waals surface area contributed by atoms with Crippen LogP contribution in [0.3, 0.4) is 0 Å². The number of hydrogen-bond acceptors (Lipinski definition) is 0. The van der Waals surface area contributed by atoms with Gasteiger partial charge in [0.15, 0.2) is 0 Å². The van der Waals surface area contributed by atoms with Crippen LogP contribution in [-0.4, -0.2) is 29.6 Å². The van der Waals surface area contributed by atoms with E-state index < -0.39 is 0 Å². The summed E-state index contributed by atoms with van der Waals surface area (Å²) in [6, 6.07) is 13.0. The molecule has 0 saturated carbocycles. The first-order chi connectivity index (χ1) is 7.36. The maximum absolute atomic E-state index is 3.84. The second kappa shape index (κ2) is 6.24. The van der Waals surface area contributed by atoms with Crippen LogP contribution in [0.1, 0.15) is 18.1 Å². The Balaban J connectivity index is 0.00000128. The molecule has 0 amide bonds. The Bertz CT molecular complexity index is 486. The van der Waals surface area contributed by atoms with E-state index in [-0.39, 0.29) is 29.6 Å². The van der Waals surface area contributed by atoms with Crippen molar-refractivity contribution in [2.75, 3.05) is 0 Å². The minimum Gasteiger partial charge on any atom is -0.103 e. The first kappa shape index (κ1) is 13.5. The van der Waals surface area contributed by atoms with Crippen LogP contribution in [0.4, 0.5) is 0 Å². The van der Waals surface area contributed by atoms with Gasteiger partial charge >= 0.3 is 0 Å². The summed E-state index contributed by atoms with van der Waals surface area (Å²) < 4.78 is 0. The topological polar surface area (TPSA) is 0 Å². The summed E-state index contributed by atoms with van der Waals surface area (Å²) in [5, 5.41) is 2.70. The van der Waals surface area contributed by atoms with Crippen molar-refractivity contribution in [2.24, 2.45) is 0 Å². The van der Waals surface area contributed by atoms with Gasteiger partial charge in [-0.15, -0.1) is 6.58 Å². The molecule has 0 saturated heterocycles. The first-order valence-corrected chi connectivity index (χ1v) is 5.47. The van der Waals surface area contributed by atoms with Gasteiger partial charge < -0.3 is 0 Å². The zero-order valence-corrected chi connectivity index (χ0v) is 12.2. The molecule has 0 unspecified atom stereocenters. The maximum atomic E-state index is 3.84. The van der Waals surface area contributed by atoms with Crippen molar-refractivity contribution >= 4 is 40.3 Å². The van der Waals surface area contributed by atoms with Crippen LogP contribution in [0, 0.1) is 0 Å². The van der Waals surface area contributed by atoms with Crippen LogP contribution in [-0.2, 0) is 12.8 Å². The number of allylic oxidation sites excluding steroid dienone is 1. The second-order valence-electron chi connectivity index (χ2n) is 3.77. The van der Waals surface area contributed by atoms with Crippen LogP contribution in [0.2, 0.25) is 0 Å². The first-order valence-electron chi connectivity index (χ1n) is 5.47. The molecule has 0 atom stereocenters. The third-order valence-electron chi connectivity index (χ3n) is 2.87. The van der Waals surface area contributed by atoms with Gasteiger partial charge in [0, 0.05) is 29.6 Å². The molecule has 0 heterocycles. The van der Waals surface area contributed by atoms with Crippen LogP contribution in [0.25, 0.3) is 10.8 Å². The smallest absolute Gasteiger partial charge is 0 e. The van der Waals surface area contributed by atoms with Crippen LogP contribution >= 0.6 is 0 Å². The van der Waals surface area contributed by atoms with E-state index in [0.29, 0.717) is 0 Å². The zero-order valence-electron chi connectivity index (χ0n) is 10.2. The monoisotopic (exact) mass is 219 g/mol. The van der Waals surface area contributed by atoms with Gasteiger partial charge in [0.1, 0.15) is 0 Å². The van der Waals surface area contributed by atoms with E-state index in [9.17, 15) is 0 Å². The van der Waals surface area contributed by atoms with Gasteiger partial charge in [-0.25, -0.2) is 0 Å². The molecule has 0 nitrogen and oxygen atoms in total. The SMILES string of the molecule is C=CCc1c(CC)ccc2ccccc12.[Na]. The van der Waals surface area contributed by atoms with E-state index in [2.05, 4.69) is 49.9 Å². The van der Waals surface area contributed by atoms with Gasteiger partial charge in [-0.2, -0.15) is 0 Å². The molecule has 0 aliphatic carbocycles. The number of benzene rings is 2. The molecule has 2 aromatic carbocycles. The van der Waals surface area contributed by atoms with Crippen LogP contribution in [0.15, 0.2) is 49.1 Å². The van der Waals surface area contributed by atoms with Crippen molar-refractivity contribution in [3.8, 4) is 0 Å². The van der Waals surface area contributed by atoms with Gasteiger partial charge in [-0.05, 0) is 34.7 Å². The summed E-state index contributed by atoms with van der Waals surface area (Å²) in [4.78, 5) is 0. The predicted octanol–water partition coefficient (Wildman–Crippen LogP) is 3.75. The van der Waals surface area contributed by atoms with E-state index >= 15 is 0 Å². The molecule has 1 radical (unpaired) electrons. The van der Waals surface area contributed by atoms with Crippen molar-refractivity contribution in [3.05, 3.63) is 60.2 Å². The van der Waals surface area contributed by atoms with Gasteiger partial charge in [0.05, 0.1) is 0 Å². The number of aryl methyl sites for hydroxylation is 1. The standard InChI is InChI=1S/C15H16.Na/c1-3-7-14-12(4-2)10-11-13-8-5-6-9-15(13)14;/h3,5-6,8-11H,1,4,7H2,2H3;. The molecule has 0 N–H and O–H groups in total. The fraction of sp³-hybridized carbons (Fsp3) is 0.200. The zero-order chi connectivity index (χ0) is 10.7. The van der Waals surface area contributed by atoms with E-state index in [0.717, 1.165) is 12.8 Å². The summed E-state index contributed by atoms with van der Waals surface area (Å²) in [5.41, 5.74) is 2.87. The van der Waals surface area contributed by atoms with Crippen LogP contribution in [0.5, 0.6) is 0 Å². The molecule has 16 heavy (non-hydrogen) atoms. The average Bonchev–Trinajstić information content (AvgIpc) is 2.30. The Kier molecular flexibility index (Phi) is 5.27. The molecule has 0 spiro atoms. The third-order valence-corrected chi connectivity index (χ3v) is 2.87. The minimum absolute atomic E-state index is 0. The molecule has 0 bridgehead atoms. The molecule has 0 aromatic heterocycles. The van der Waals surface area contributed by atoms with E-state index in [1.54, 1.807) is 0 Å². The molecule has 0 aliphatic rings. The predicted molar refractivity (Wildman–Crippen MR) is 73.0 cm³/mol. The van der Waals surface area contributed by atoms with E-state index in [4.69, 9.17) is 0 Å². The number of rotatable bonds is 3. The van der Waals surface area contributed by atoms with Gasteiger partial charge in [0.2, 0.25) is 0 Å². The fourth-order valence-electron chi connectivity index (χ4n) is 2.10. The molecule has 2 rings (SSSR count). The molecule has 2 aromatic rings. The molecule has 1 heteroatoms. The summed E-state index contributed by atoms with van der Waals surface area (Å²) in [6.45, 7) is 6.04. The van der Waals surface area contributed by atoms with Crippen molar-refractivity contribution in [1.29, 1.82) is 0 Å². The van der Waals surface area contributed by atoms with Crippen molar-refractivity contribution < 1.29 is 0 Å². The molecular weight excluding hydrogens is 203 g/mol. The molecular formula is C15H16Na. The largest absolute Gasteiger partial charge is 0.103 e. The Labute approximate surface area is 120 Å². The molecule has 77 valence electrons. The van der Waals surface area contributed by atoms with Gasteiger partial charge in [0.25, 0.3) is 0 Å². The molecule has 0 aliphatic heterocycles. The van der Waals surface area contributed by atoms with Gasteiger partial charge in [-0.3, -0.25) is 0 Å². The second-order valence-corrected chi connectivity index (χ2v) is 3.77. The Morgan fingerprint density at radius 3 is 2.56 bits per heavy atom. The van der Waals surface area contributed by atoms with Crippen molar-refractivity contribution in [3.63, 3.8) is 0 Å². The summed E-state index contributed by atoms with van der Waals surface area (Å²) >= 11 is 0. The summed E-state index contributed by atoms with van der Waals surface area (Å²) in [6.07, 6.45) is 4.04. The van der Waals surface area contributed by atoms with Crippen molar-refractivity contribution in [1.82, 2.24) is 0 Å². The Hall–Kier alpha value is -0.560. The average molecular weight is 219 g/mol. The number of fused-ring (bicyclic) bond motifs is 1. The van der Waals surface area contributed by atoms with Crippen molar-refractivity contribution in [2.45, 2.75) is 19.8 Å². The normalized spacial score (nSPS) is 9.81. The summed E-state index contributed by atoms with van der Waals surface area (Å²) in [5.74, 6) is 0. The maximum Gasteiger partial charge on any atom is 0 e. The minimum atomic E-state index is 0. The van der Waals surface area contributed by atoms with E-state index in [1.807, 2.05) is 6.08 Å².